The molecule has 0 unspecified atom stereocenters. The van der Waals surface area contributed by atoms with E-state index in [2.05, 4.69) is 6.07 Å². The first kappa shape index (κ1) is 14.1. The molecule has 0 aromatic heterocycles. The quantitative estimate of drug-likeness (QED) is 0.920. The first-order chi connectivity index (χ1) is 10.6. The van der Waals surface area contributed by atoms with Crippen molar-refractivity contribution in [1.82, 2.24) is 0 Å². The van der Waals surface area contributed by atoms with Crippen LogP contribution in [0.15, 0.2) is 18.2 Å². The zero-order chi connectivity index (χ0) is 15.3. The van der Waals surface area contributed by atoms with Gasteiger partial charge in [0.2, 0.25) is 0 Å². The maximum Gasteiger partial charge on any atom is 0.307 e. The molecular weight excluding hydrogens is 276 g/mol. The molecule has 4 aliphatic carbocycles. The Balaban J connectivity index is 1.75. The average Bonchev–Trinajstić information content (AvgIpc) is 2.45. The van der Waals surface area contributed by atoms with Gasteiger partial charge in [-0.2, -0.15) is 0 Å². The third-order valence-electron chi connectivity index (χ3n) is 6.23. The van der Waals surface area contributed by atoms with Crippen molar-refractivity contribution in [3.05, 3.63) is 29.3 Å². The highest BCUT2D eigenvalue weighted by molar-refractivity contribution is 5.70. The summed E-state index contributed by atoms with van der Waals surface area (Å²) in [4.78, 5) is 11.1. The lowest BCUT2D eigenvalue weighted by Gasteiger charge is -2.57. The van der Waals surface area contributed by atoms with Crippen molar-refractivity contribution in [1.29, 1.82) is 0 Å². The topological polar surface area (TPSA) is 46.5 Å². The number of carboxylic acids is 1. The van der Waals surface area contributed by atoms with Gasteiger partial charge in [0.15, 0.2) is 0 Å². The molecule has 0 radical (unpaired) electrons. The molecule has 0 atom stereocenters. The summed E-state index contributed by atoms with van der Waals surface area (Å²) < 4.78 is 5.65. The van der Waals surface area contributed by atoms with Crippen molar-refractivity contribution >= 4 is 5.97 Å². The fourth-order valence-electron chi connectivity index (χ4n) is 5.89. The minimum atomic E-state index is -0.762. The van der Waals surface area contributed by atoms with Crippen molar-refractivity contribution in [2.75, 3.05) is 7.11 Å². The molecule has 0 amide bonds. The second-order valence-corrected chi connectivity index (χ2v) is 7.80. The predicted octanol–water partition coefficient (Wildman–Crippen LogP) is 3.79. The Hall–Kier alpha value is -1.51. The van der Waals surface area contributed by atoms with E-state index in [-0.39, 0.29) is 11.8 Å². The van der Waals surface area contributed by atoms with Crippen LogP contribution < -0.4 is 4.74 Å². The Bertz CT molecular complexity index is 569. The monoisotopic (exact) mass is 300 g/mol. The SMILES string of the molecule is COc1ccc(CC(=O)O)cc1C12CC3CC(CC(C3)C1)C2. The lowest BCUT2D eigenvalue weighted by Crippen LogP contribution is -2.48. The molecule has 3 nitrogen and oxygen atoms in total. The lowest BCUT2D eigenvalue weighted by molar-refractivity contribution is -0.136. The molecule has 1 aromatic rings. The second kappa shape index (κ2) is 5.00. The van der Waals surface area contributed by atoms with Crippen LogP contribution in [0, 0.1) is 17.8 Å². The highest BCUT2D eigenvalue weighted by atomic mass is 16.5. The third-order valence-corrected chi connectivity index (χ3v) is 6.23. The van der Waals surface area contributed by atoms with Crippen LogP contribution in [-0.4, -0.2) is 18.2 Å². The number of carboxylic acid groups (broad SMARTS) is 1. The Morgan fingerprint density at radius 1 is 1.18 bits per heavy atom. The van der Waals surface area contributed by atoms with E-state index >= 15 is 0 Å². The molecule has 1 aromatic carbocycles. The van der Waals surface area contributed by atoms with Gasteiger partial charge in [0.05, 0.1) is 13.5 Å². The van der Waals surface area contributed by atoms with E-state index in [4.69, 9.17) is 9.84 Å². The number of aliphatic carboxylic acids is 1. The van der Waals surface area contributed by atoms with E-state index in [1.165, 1.54) is 44.1 Å². The van der Waals surface area contributed by atoms with E-state index < -0.39 is 5.97 Å². The van der Waals surface area contributed by atoms with Gasteiger partial charge in [0.25, 0.3) is 0 Å². The van der Waals surface area contributed by atoms with Crippen LogP contribution in [-0.2, 0) is 16.6 Å². The first-order valence-electron chi connectivity index (χ1n) is 8.47. The lowest BCUT2D eigenvalue weighted by atomic mass is 9.48. The zero-order valence-electron chi connectivity index (χ0n) is 13.2. The van der Waals surface area contributed by atoms with Gasteiger partial charge >= 0.3 is 5.97 Å². The van der Waals surface area contributed by atoms with Crippen LogP contribution in [0.5, 0.6) is 5.75 Å². The second-order valence-electron chi connectivity index (χ2n) is 7.80. The van der Waals surface area contributed by atoms with Crippen LogP contribution in [0.25, 0.3) is 0 Å². The molecule has 0 saturated heterocycles. The van der Waals surface area contributed by atoms with Crippen molar-refractivity contribution in [2.24, 2.45) is 17.8 Å². The standard InChI is InChI=1S/C19H24O3/c1-22-17-3-2-12(8-18(20)21)7-16(17)19-9-13-4-14(10-19)6-15(5-13)11-19/h2-3,7,13-15H,4-6,8-11H2,1H3,(H,20,21). The van der Waals surface area contributed by atoms with Gasteiger partial charge in [-0.15, -0.1) is 0 Å². The fraction of sp³-hybridized carbons (Fsp3) is 0.632. The molecule has 0 spiro atoms. The molecule has 118 valence electrons. The molecule has 4 bridgehead atoms. The number of methoxy groups -OCH3 is 1. The smallest absolute Gasteiger partial charge is 0.307 e. The van der Waals surface area contributed by atoms with Crippen LogP contribution in [0.3, 0.4) is 0 Å². The summed E-state index contributed by atoms with van der Waals surface area (Å²) >= 11 is 0. The van der Waals surface area contributed by atoms with Crippen molar-refractivity contribution in [2.45, 2.75) is 50.4 Å². The van der Waals surface area contributed by atoms with Crippen molar-refractivity contribution in [3.8, 4) is 5.75 Å². The van der Waals surface area contributed by atoms with Crippen LogP contribution in [0.1, 0.15) is 49.7 Å². The third kappa shape index (κ3) is 2.22. The Kier molecular flexibility index (Phi) is 3.21. The van der Waals surface area contributed by atoms with Crippen LogP contribution in [0.4, 0.5) is 0 Å². The molecule has 4 aliphatic rings. The fourth-order valence-corrected chi connectivity index (χ4v) is 5.89. The Morgan fingerprint density at radius 2 is 1.77 bits per heavy atom. The normalized spacial score (nSPS) is 35.6. The number of ether oxygens (including phenoxy) is 1. The van der Waals surface area contributed by atoms with E-state index in [9.17, 15) is 4.79 Å². The molecule has 1 N–H and O–H groups in total. The Labute approximate surface area is 131 Å². The van der Waals surface area contributed by atoms with E-state index in [1.54, 1.807) is 7.11 Å². The summed E-state index contributed by atoms with van der Waals surface area (Å²) in [5.74, 6) is 2.81. The van der Waals surface area contributed by atoms with Crippen LogP contribution >= 0.6 is 0 Å². The van der Waals surface area contributed by atoms with Gasteiger partial charge in [-0.1, -0.05) is 12.1 Å². The molecule has 5 rings (SSSR count). The van der Waals surface area contributed by atoms with Gasteiger partial charge < -0.3 is 9.84 Å². The van der Waals surface area contributed by atoms with Gasteiger partial charge in [-0.3, -0.25) is 4.79 Å². The number of rotatable bonds is 4. The molecule has 0 heterocycles. The highest BCUT2D eigenvalue weighted by Gasteiger charge is 2.52. The first-order valence-corrected chi connectivity index (χ1v) is 8.47. The molecule has 4 saturated carbocycles. The molecule has 4 fully saturated rings. The summed E-state index contributed by atoms with van der Waals surface area (Å²) in [6.07, 6.45) is 8.15. The van der Waals surface area contributed by atoms with E-state index in [0.29, 0.717) is 0 Å². The Morgan fingerprint density at radius 3 is 2.27 bits per heavy atom. The number of carbonyl (C=O) groups is 1. The summed E-state index contributed by atoms with van der Waals surface area (Å²) in [5, 5.41) is 9.09. The summed E-state index contributed by atoms with van der Waals surface area (Å²) in [6, 6.07) is 6.00. The maximum absolute atomic E-state index is 11.1. The minimum Gasteiger partial charge on any atom is -0.496 e. The molecular formula is C19H24O3. The van der Waals surface area contributed by atoms with Gasteiger partial charge in [0, 0.05) is 5.56 Å². The van der Waals surface area contributed by atoms with Gasteiger partial charge in [-0.05, 0) is 73.3 Å². The summed E-state index contributed by atoms with van der Waals surface area (Å²) in [7, 11) is 1.73. The van der Waals surface area contributed by atoms with Crippen LogP contribution in [0.2, 0.25) is 0 Å². The minimum absolute atomic E-state index is 0.101. The summed E-state index contributed by atoms with van der Waals surface area (Å²) in [6.45, 7) is 0. The number of benzene rings is 1. The maximum atomic E-state index is 11.1. The molecule has 3 heteroatoms. The average molecular weight is 300 g/mol. The number of hydrogen-bond acceptors (Lipinski definition) is 2. The van der Waals surface area contributed by atoms with Gasteiger partial charge in [-0.25, -0.2) is 0 Å². The summed E-state index contributed by atoms with van der Waals surface area (Å²) in [5.41, 5.74) is 2.43. The van der Waals surface area contributed by atoms with E-state index in [0.717, 1.165) is 29.1 Å². The number of hydrogen-bond donors (Lipinski definition) is 1. The molecule has 0 aliphatic heterocycles. The largest absolute Gasteiger partial charge is 0.496 e. The van der Waals surface area contributed by atoms with Crippen molar-refractivity contribution < 1.29 is 14.6 Å². The zero-order valence-corrected chi connectivity index (χ0v) is 13.2. The van der Waals surface area contributed by atoms with Crippen molar-refractivity contribution in [3.63, 3.8) is 0 Å². The van der Waals surface area contributed by atoms with E-state index in [1.807, 2.05) is 12.1 Å². The molecule has 22 heavy (non-hydrogen) atoms. The van der Waals surface area contributed by atoms with Gasteiger partial charge in [0.1, 0.15) is 5.75 Å². The predicted molar refractivity (Wildman–Crippen MR) is 84.2 cm³/mol. The highest BCUT2D eigenvalue weighted by Crippen LogP contribution is 2.61.